The van der Waals surface area contributed by atoms with Crippen molar-refractivity contribution < 1.29 is 42.1 Å². The molecule has 1 unspecified atom stereocenters. The van der Waals surface area contributed by atoms with Crippen LogP contribution in [0.25, 0.3) is 0 Å². The van der Waals surface area contributed by atoms with Gasteiger partial charge in [0.05, 0.1) is 27.7 Å². The molecule has 10 heteroatoms. The van der Waals surface area contributed by atoms with Crippen LogP contribution in [-0.2, 0) is 32.7 Å². The van der Waals surface area contributed by atoms with Gasteiger partial charge in [-0.15, -0.1) is 0 Å². The van der Waals surface area contributed by atoms with Gasteiger partial charge in [-0.2, -0.15) is 0 Å². The van der Waals surface area contributed by atoms with Gasteiger partial charge in [0.15, 0.2) is 6.10 Å². The molecule has 0 spiro atoms. The van der Waals surface area contributed by atoms with Crippen LogP contribution in [0, 0.1) is 0 Å². The summed E-state index contributed by atoms with van der Waals surface area (Å²) < 4.78 is 34.1. The highest BCUT2D eigenvalue weighted by Crippen LogP contribution is 2.43. The van der Waals surface area contributed by atoms with Gasteiger partial charge < -0.3 is 18.9 Å². The zero-order valence-electron chi connectivity index (χ0n) is 36.5. The van der Waals surface area contributed by atoms with Crippen LogP contribution in [0.3, 0.4) is 0 Å². The van der Waals surface area contributed by atoms with E-state index in [0.717, 1.165) is 77.0 Å². The van der Waals surface area contributed by atoms with Crippen molar-refractivity contribution in [1.29, 1.82) is 0 Å². The molecule has 0 aromatic heterocycles. The van der Waals surface area contributed by atoms with Crippen molar-refractivity contribution in [3.05, 3.63) is 122 Å². The van der Waals surface area contributed by atoms with Crippen LogP contribution in [0.4, 0.5) is 0 Å². The molecule has 0 bridgehead atoms. The van der Waals surface area contributed by atoms with Gasteiger partial charge in [0.1, 0.15) is 19.8 Å². The Morgan fingerprint density at radius 1 is 0.534 bits per heavy atom. The second-order valence-corrected chi connectivity index (χ2v) is 16.1. The zero-order chi connectivity index (χ0) is 42.8. The molecule has 0 aliphatic heterocycles. The number of unbranched alkanes of at least 4 members (excludes halogenated alkanes) is 2. The van der Waals surface area contributed by atoms with E-state index < -0.39 is 32.5 Å². The Hall–Kier alpha value is -3.59. The fraction of sp³-hybridized carbons (Fsp3) is 0.542. The summed E-state index contributed by atoms with van der Waals surface area (Å²) in [5.41, 5.74) is 0. The normalized spacial score (nSPS) is 14.8. The molecule has 2 atom stereocenters. The number of rotatable bonds is 36. The predicted octanol–water partition coefficient (Wildman–Crippen LogP) is 12.1. The summed E-state index contributed by atoms with van der Waals surface area (Å²) in [4.78, 5) is 35.3. The van der Waals surface area contributed by atoms with E-state index in [1.54, 1.807) is 0 Å². The molecule has 0 aliphatic rings. The van der Waals surface area contributed by atoms with E-state index in [0.29, 0.717) is 23.9 Å². The van der Waals surface area contributed by atoms with Crippen molar-refractivity contribution in [3.8, 4) is 0 Å². The smallest absolute Gasteiger partial charge is 0.462 e. The molecule has 58 heavy (non-hydrogen) atoms. The van der Waals surface area contributed by atoms with E-state index in [2.05, 4.69) is 123 Å². The first-order valence-electron chi connectivity index (χ1n) is 21.3. The summed E-state index contributed by atoms with van der Waals surface area (Å²) >= 11 is 0. The van der Waals surface area contributed by atoms with Crippen molar-refractivity contribution in [2.75, 3.05) is 47.5 Å². The van der Waals surface area contributed by atoms with E-state index in [9.17, 15) is 19.0 Å². The third-order valence-electron chi connectivity index (χ3n) is 8.00. The lowest BCUT2D eigenvalue weighted by molar-refractivity contribution is -0.870. The minimum absolute atomic E-state index is 0.00456. The highest BCUT2D eigenvalue weighted by atomic mass is 31.2. The quantitative estimate of drug-likeness (QED) is 0.0219. The SMILES string of the molecule is CC/C=C\C/C=C\C/C=C\C/C=C\C/C=C\C/C=C\CCC(=O)OC[C@H](COP(=O)(O)OCC[N+](C)(C)C)OC(=O)CCCC/C=C\C/C=C\C/C=C\C/C=C\CC. The first kappa shape index (κ1) is 54.4. The van der Waals surface area contributed by atoms with Gasteiger partial charge >= 0.3 is 19.8 Å². The molecule has 0 fully saturated rings. The summed E-state index contributed by atoms with van der Waals surface area (Å²) in [7, 11) is 1.38. The molecule has 0 amide bonds. The Balaban J connectivity index is 4.60. The van der Waals surface area contributed by atoms with Crippen molar-refractivity contribution >= 4 is 19.8 Å². The van der Waals surface area contributed by atoms with E-state index in [1.165, 1.54) is 0 Å². The van der Waals surface area contributed by atoms with Crippen LogP contribution in [0.2, 0.25) is 0 Å². The highest BCUT2D eigenvalue weighted by Gasteiger charge is 2.27. The molecule has 0 aromatic carbocycles. The summed E-state index contributed by atoms with van der Waals surface area (Å²) in [5, 5.41) is 0. The standard InChI is InChI=1S/C48H76NO8P/c1-6-8-10-12-14-16-18-20-22-23-24-25-27-28-30-32-34-36-38-40-47(50)54-44-46(45-56-58(52,53)55-43-42-49(3,4)5)57-48(51)41-39-37-35-33-31-29-26-21-19-17-15-13-11-9-7-2/h8-11,14-17,20-22,24-26,28,30-31,33-34,36,46H,6-7,12-13,18-19,23,27,29,32,35,37-45H2,1-5H3/p+1/b10-8-,11-9-,16-14-,17-15-,22-20-,25-24-,26-21-,30-28-,33-31-,36-34-/t46-/m1/s1. The lowest BCUT2D eigenvalue weighted by Crippen LogP contribution is -2.37. The van der Waals surface area contributed by atoms with Crippen LogP contribution < -0.4 is 0 Å². The Morgan fingerprint density at radius 2 is 0.948 bits per heavy atom. The van der Waals surface area contributed by atoms with Crippen LogP contribution >= 0.6 is 7.82 Å². The second kappa shape index (κ2) is 38.9. The van der Waals surface area contributed by atoms with E-state index in [1.807, 2.05) is 33.3 Å². The number of likely N-dealkylation sites (N-methyl/N-ethyl adjacent to an activating group) is 1. The number of phosphoric acid groups is 1. The molecule has 9 nitrogen and oxygen atoms in total. The fourth-order valence-corrected chi connectivity index (χ4v) is 5.48. The number of ether oxygens (including phenoxy) is 2. The Kier molecular flexibility index (Phi) is 36.5. The molecule has 0 aliphatic carbocycles. The van der Waals surface area contributed by atoms with Gasteiger partial charge in [-0.25, -0.2) is 4.57 Å². The van der Waals surface area contributed by atoms with Crippen LogP contribution in [0.1, 0.15) is 117 Å². The van der Waals surface area contributed by atoms with Gasteiger partial charge in [0, 0.05) is 12.8 Å². The number of hydrogen-bond acceptors (Lipinski definition) is 7. The molecule has 0 radical (unpaired) electrons. The number of carbonyl (C=O) groups excluding carboxylic acids is 2. The minimum atomic E-state index is -4.41. The number of hydrogen-bond donors (Lipinski definition) is 1. The lowest BCUT2D eigenvalue weighted by atomic mass is 10.2. The van der Waals surface area contributed by atoms with Crippen LogP contribution in [-0.4, -0.2) is 74.9 Å². The summed E-state index contributed by atoms with van der Waals surface area (Å²) in [6.45, 7) is 4.01. The van der Waals surface area contributed by atoms with E-state index in [-0.39, 0.29) is 26.1 Å². The number of quaternary nitrogens is 1. The number of allylic oxidation sites excluding steroid dienone is 20. The van der Waals surface area contributed by atoms with Crippen LogP contribution in [0.15, 0.2) is 122 Å². The van der Waals surface area contributed by atoms with E-state index in [4.69, 9.17) is 18.5 Å². The van der Waals surface area contributed by atoms with Crippen molar-refractivity contribution in [2.45, 2.75) is 123 Å². The minimum Gasteiger partial charge on any atom is -0.462 e. The molecule has 1 N–H and O–H groups in total. The number of carbonyl (C=O) groups is 2. The monoisotopic (exact) mass is 827 g/mol. The van der Waals surface area contributed by atoms with Gasteiger partial charge in [-0.05, 0) is 89.9 Å². The maximum Gasteiger partial charge on any atom is 0.472 e. The van der Waals surface area contributed by atoms with Crippen molar-refractivity contribution in [3.63, 3.8) is 0 Å². The first-order chi connectivity index (χ1) is 28.0. The van der Waals surface area contributed by atoms with Gasteiger partial charge in [-0.1, -0.05) is 135 Å². The third-order valence-corrected chi connectivity index (χ3v) is 8.98. The largest absolute Gasteiger partial charge is 0.472 e. The number of esters is 2. The third kappa shape index (κ3) is 42.0. The molecule has 0 aromatic rings. The molecular formula is C48H77NO8P+. The fourth-order valence-electron chi connectivity index (χ4n) is 4.73. The Morgan fingerprint density at radius 3 is 1.38 bits per heavy atom. The number of nitrogens with zero attached hydrogens (tertiary/aromatic N) is 1. The van der Waals surface area contributed by atoms with Crippen LogP contribution in [0.5, 0.6) is 0 Å². The average molecular weight is 827 g/mol. The second-order valence-electron chi connectivity index (χ2n) is 14.6. The summed E-state index contributed by atoms with van der Waals surface area (Å²) in [5.74, 6) is -0.962. The van der Waals surface area contributed by atoms with Crippen molar-refractivity contribution in [1.82, 2.24) is 0 Å². The first-order valence-corrected chi connectivity index (χ1v) is 22.8. The molecule has 326 valence electrons. The Bertz CT molecular complexity index is 1390. The molecular weight excluding hydrogens is 750 g/mol. The van der Waals surface area contributed by atoms with Crippen molar-refractivity contribution in [2.24, 2.45) is 0 Å². The molecule has 0 saturated heterocycles. The van der Waals surface area contributed by atoms with Gasteiger partial charge in [0.2, 0.25) is 0 Å². The highest BCUT2D eigenvalue weighted by molar-refractivity contribution is 7.47. The van der Waals surface area contributed by atoms with E-state index >= 15 is 0 Å². The summed E-state index contributed by atoms with van der Waals surface area (Å²) in [6.07, 6.45) is 54.1. The maximum absolute atomic E-state index is 12.7. The number of phosphoric ester groups is 1. The molecule has 0 saturated carbocycles. The molecule has 0 rings (SSSR count). The lowest BCUT2D eigenvalue weighted by Gasteiger charge is -2.24. The topological polar surface area (TPSA) is 108 Å². The predicted molar refractivity (Wildman–Crippen MR) is 242 cm³/mol. The Labute approximate surface area is 352 Å². The van der Waals surface area contributed by atoms with Gasteiger partial charge in [0.25, 0.3) is 0 Å². The maximum atomic E-state index is 12.7. The zero-order valence-corrected chi connectivity index (χ0v) is 37.4. The molecule has 0 heterocycles. The average Bonchev–Trinajstić information content (AvgIpc) is 3.17. The summed E-state index contributed by atoms with van der Waals surface area (Å²) in [6, 6.07) is 0. The van der Waals surface area contributed by atoms with Gasteiger partial charge in [-0.3, -0.25) is 18.6 Å².